The monoisotopic (exact) mass is 369 g/mol. The maximum Gasteiger partial charge on any atom is 0.320 e. The number of amides is 1. The average Bonchev–Trinajstić information content (AvgIpc) is 2.55. The van der Waals surface area contributed by atoms with Crippen molar-refractivity contribution in [2.75, 3.05) is 32.0 Å². The molecule has 9 heteroatoms. The third kappa shape index (κ3) is 5.82. The van der Waals surface area contributed by atoms with E-state index in [-0.39, 0.29) is 35.1 Å². The van der Waals surface area contributed by atoms with Crippen LogP contribution in [0.25, 0.3) is 0 Å². The van der Waals surface area contributed by atoms with Gasteiger partial charge in [0.15, 0.2) is 5.69 Å². The van der Waals surface area contributed by atoms with Gasteiger partial charge in [-0.15, -0.1) is 0 Å². The van der Waals surface area contributed by atoms with E-state index in [4.69, 9.17) is 22.1 Å². The number of anilines is 1. The molecular formula is C16H24ClN5O3. The highest BCUT2D eigenvalue weighted by Gasteiger charge is 2.25. The lowest BCUT2D eigenvalue weighted by atomic mass is 10.1. The highest BCUT2D eigenvalue weighted by atomic mass is 35.5. The molecule has 3 N–H and O–H groups in total. The minimum Gasteiger partial charge on any atom is -0.464 e. The van der Waals surface area contributed by atoms with Crippen LogP contribution < -0.4 is 11.1 Å². The summed E-state index contributed by atoms with van der Waals surface area (Å²) >= 11 is 5.98. The van der Waals surface area contributed by atoms with Crippen LogP contribution in [0.2, 0.25) is 5.02 Å². The standard InChI is InChI=1S/C16H24ClN5O3/c1-10(2)8-25-12(23)7-22-5-3-4-11(6-22)21-16(24)14-13(17)15(18)20-9-19-14/h9-11H,3-8H2,1-2H3,(H,21,24)(H2,18,19,20). The molecular weight excluding hydrogens is 346 g/mol. The molecule has 1 amide bonds. The van der Waals surface area contributed by atoms with Gasteiger partial charge in [0.05, 0.1) is 13.2 Å². The Morgan fingerprint density at radius 1 is 1.48 bits per heavy atom. The van der Waals surface area contributed by atoms with Gasteiger partial charge in [0, 0.05) is 12.6 Å². The van der Waals surface area contributed by atoms with Crippen LogP contribution in [0, 0.1) is 5.92 Å². The van der Waals surface area contributed by atoms with Crippen molar-refractivity contribution < 1.29 is 14.3 Å². The summed E-state index contributed by atoms with van der Waals surface area (Å²) in [6, 6.07) is -0.0913. The number of piperidine rings is 1. The minimum absolute atomic E-state index is 0.0462. The molecule has 2 rings (SSSR count). The van der Waals surface area contributed by atoms with Crippen molar-refractivity contribution in [2.45, 2.75) is 32.7 Å². The number of nitrogens with two attached hydrogens (primary N) is 1. The molecule has 2 heterocycles. The molecule has 138 valence electrons. The second-order valence-electron chi connectivity index (χ2n) is 6.55. The fourth-order valence-electron chi connectivity index (χ4n) is 2.60. The molecule has 25 heavy (non-hydrogen) atoms. The highest BCUT2D eigenvalue weighted by molar-refractivity contribution is 6.35. The lowest BCUT2D eigenvalue weighted by molar-refractivity contribution is -0.146. The summed E-state index contributed by atoms with van der Waals surface area (Å²) in [6.07, 6.45) is 2.90. The smallest absolute Gasteiger partial charge is 0.320 e. The van der Waals surface area contributed by atoms with Gasteiger partial charge < -0.3 is 15.8 Å². The molecule has 0 bridgehead atoms. The number of nitrogen functional groups attached to an aromatic ring is 1. The zero-order chi connectivity index (χ0) is 18.4. The lowest BCUT2D eigenvalue weighted by Gasteiger charge is -2.32. The quantitative estimate of drug-likeness (QED) is 0.722. The predicted molar refractivity (Wildman–Crippen MR) is 94.2 cm³/mol. The van der Waals surface area contributed by atoms with E-state index >= 15 is 0 Å². The molecule has 1 unspecified atom stereocenters. The zero-order valence-corrected chi connectivity index (χ0v) is 15.3. The number of nitrogens with one attached hydrogen (secondary N) is 1. The number of carbonyl (C=O) groups excluding carboxylic acids is 2. The Bertz CT molecular complexity index is 626. The number of hydrogen-bond acceptors (Lipinski definition) is 7. The van der Waals surface area contributed by atoms with Gasteiger partial charge in [-0.2, -0.15) is 0 Å². The van der Waals surface area contributed by atoms with Gasteiger partial charge in [0.25, 0.3) is 5.91 Å². The summed E-state index contributed by atoms with van der Waals surface area (Å²) in [5.74, 6) is -0.261. The van der Waals surface area contributed by atoms with Gasteiger partial charge in [-0.25, -0.2) is 9.97 Å². The summed E-state index contributed by atoms with van der Waals surface area (Å²) < 4.78 is 5.20. The number of halogens is 1. The van der Waals surface area contributed by atoms with E-state index in [1.807, 2.05) is 18.7 Å². The van der Waals surface area contributed by atoms with E-state index in [0.717, 1.165) is 19.4 Å². The van der Waals surface area contributed by atoms with Crippen LogP contribution in [-0.4, -0.2) is 59.0 Å². The molecule has 8 nitrogen and oxygen atoms in total. The molecule has 0 aliphatic carbocycles. The summed E-state index contributed by atoms with van der Waals surface area (Å²) in [6.45, 7) is 5.99. The molecule has 1 aromatic rings. The number of likely N-dealkylation sites (tertiary alicyclic amines) is 1. The number of aromatic nitrogens is 2. The third-order valence-corrected chi connectivity index (χ3v) is 4.18. The van der Waals surface area contributed by atoms with Gasteiger partial charge in [0.2, 0.25) is 0 Å². The number of esters is 1. The molecule has 1 aromatic heterocycles. The summed E-state index contributed by atoms with van der Waals surface area (Å²) in [7, 11) is 0. The van der Waals surface area contributed by atoms with Gasteiger partial charge >= 0.3 is 5.97 Å². The zero-order valence-electron chi connectivity index (χ0n) is 14.5. The van der Waals surface area contributed by atoms with E-state index in [9.17, 15) is 9.59 Å². The normalized spacial score (nSPS) is 18.2. The maximum absolute atomic E-state index is 12.3. The molecule has 1 fully saturated rings. The lowest BCUT2D eigenvalue weighted by Crippen LogP contribution is -2.49. The van der Waals surface area contributed by atoms with E-state index in [1.165, 1.54) is 6.33 Å². The number of carbonyl (C=O) groups is 2. The second-order valence-corrected chi connectivity index (χ2v) is 6.92. The topological polar surface area (TPSA) is 110 Å². The molecule has 0 radical (unpaired) electrons. The van der Waals surface area contributed by atoms with Gasteiger partial charge in [-0.3, -0.25) is 14.5 Å². The van der Waals surface area contributed by atoms with Crippen LogP contribution >= 0.6 is 11.6 Å². The molecule has 0 aromatic carbocycles. The van der Waals surface area contributed by atoms with Crippen molar-refractivity contribution in [2.24, 2.45) is 5.92 Å². The predicted octanol–water partition coefficient (Wildman–Crippen LogP) is 1.11. The van der Waals surface area contributed by atoms with Crippen molar-refractivity contribution in [1.29, 1.82) is 0 Å². The highest BCUT2D eigenvalue weighted by Crippen LogP contribution is 2.19. The van der Waals surface area contributed by atoms with Crippen molar-refractivity contribution in [1.82, 2.24) is 20.2 Å². The Morgan fingerprint density at radius 3 is 2.96 bits per heavy atom. The first kappa shape index (κ1) is 19.4. The third-order valence-electron chi connectivity index (χ3n) is 3.80. The van der Waals surface area contributed by atoms with Crippen molar-refractivity contribution >= 4 is 29.3 Å². The summed E-state index contributed by atoms with van der Waals surface area (Å²) in [4.78, 5) is 33.8. The SMILES string of the molecule is CC(C)COC(=O)CN1CCCC(NC(=O)c2ncnc(N)c2Cl)C1. The Kier molecular flexibility index (Phi) is 6.95. The number of hydrogen-bond donors (Lipinski definition) is 2. The second kappa shape index (κ2) is 8.96. The number of nitrogens with zero attached hydrogens (tertiary/aromatic N) is 3. The van der Waals surface area contributed by atoms with Crippen LogP contribution in [0.1, 0.15) is 37.2 Å². The molecule has 1 saturated heterocycles. The van der Waals surface area contributed by atoms with E-state index in [0.29, 0.717) is 19.1 Å². The Labute approximate surface area is 152 Å². The molecule has 0 saturated carbocycles. The number of rotatable bonds is 6. The van der Waals surface area contributed by atoms with Gasteiger partial charge in [-0.1, -0.05) is 25.4 Å². The largest absolute Gasteiger partial charge is 0.464 e. The van der Waals surface area contributed by atoms with Crippen molar-refractivity contribution in [3.63, 3.8) is 0 Å². The van der Waals surface area contributed by atoms with Gasteiger partial charge in [-0.05, 0) is 25.3 Å². The Morgan fingerprint density at radius 2 is 2.24 bits per heavy atom. The summed E-state index contributed by atoms with van der Waals surface area (Å²) in [5, 5.41) is 2.94. The van der Waals surface area contributed by atoms with Crippen LogP contribution in [0.15, 0.2) is 6.33 Å². The van der Waals surface area contributed by atoms with Gasteiger partial charge in [0.1, 0.15) is 17.2 Å². The first-order valence-corrected chi connectivity index (χ1v) is 8.69. The molecule has 1 aliphatic rings. The van der Waals surface area contributed by atoms with Crippen LogP contribution in [0.4, 0.5) is 5.82 Å². The van der Waals surface area contributed by atoms with Crippen LogP contribution in [0.3, 0.4) is 0 Å². The number of ether oxygens (including phenoxy) is 1. The fourth-order valence-corrected chi connectivity index (χ4v) is 2.78. The first-order valence-electron chi connectivity index (χ1n) is 8.31. The van der Waals surface area contributed by atoms with Crippen molar-refractivity contribution in [3.8, 4) is 0 Å². The fraction of sp³-hybridized carbons (Fsp3) is 0.625. The molecule has 0 spiro atoms. The first-order chi connectivity index (χ1) is 11.9. The maximum atomic E-state index is 12.3. The molecule has 1 aliphatic heterocycles. The van der Waals surface area contributed by atoms with E-state index in [2.05, 4.69) is 15.3 Å². The minimum atomic E-state index is -0.395. The Balaban J connectivity index is 1.87. The summed E-state index contributed by atoms with van der Waals surface area (Å²) in [5.41, 5.74) is 5.65. The van der Waals surface area contributed by atoms with Crippen molar-refractivity contribution in [3.05, 3.63) is 17.0 Å². The molecule has 1 atom stereocenters. The Hall–Kier alpha value is -1.93. The van der Waals surface area contributed by atoms with Crippen LogP contribution in [0.5, 0.6) is 0 Å². The van der Waals surface area contributed by atoms with Crippen LogP contribution in [-0.2, 0) is 9.53 Å². The average molecular weight is 370 g/mol. The van der Waals surface area contributed by atoms with E-state index < -0.39 is 5.91 Å². The van der Waals surface area contributed by atoms with E-state index in [1.54, 1.807) is 0 Å².